The molecule has 1 aliphatic heterocycles. The van der Waals surface area contributed by atoms with E-state index < -0.39 is 0 Å². The van der Waals surface area contributed by atoms with Crippen molar-refractivity contribution in [1.29, 1.82) is 0 Å². The second-order valence-electron chi connectivity index (χ2n) is 8.05. The Kier molecular flexibility index (Phi) is 5.83. The van der Waals surface area contributed by atoms with Gasteiger partial charge in [0.15, 0.2) is 0 Å². The second-order valence-corrected chi connectivity index (χ2v) is 8.05. The molecule has 1 saturated heterocycles. The number of phenolic OH excluding ortho intramolecular Hbond substituents is 1. The van der Waals surface area contributed by atoms with Crippen LogP contribution in [-0.4, -0.2) is 42.4 Å². The number of hydrogen-bond donors (Lipinski definition) is 1. The molecule has 2 unspecified atom stereocenters. The Morgan fingerprint density at radius 3 is 2.75 bits per heavy atom. The molecule has 1 saturated carbocycles. The molecule has 1 N–H and O–H groups in total. The van der Waals surface area contributed by atoms with Crippen LogP contribution in [0.1, 0.15) is 57.9 Å². The summed E-state index contributed by atoms with van der Waals surface area (Å²) in [6.07, 6.45) is 8.23. The molecule has 1 aromatic carbocycles. The number of nitrogens with zero attached hydrogens (tertiary/aromatic N) is 1. The molecule has 1 aliphatic carbocycles. The summed E-state index contributed by atoms with van der Waals surface area (Å²) in [4.78, 5) is 2.55. The van der Waals surface area contributed by atoms with Crippen LogP contribution in [0, 0.1) is 5.92 Å². The molecule has 3 heteroatoms. The molecule has 2 aliphatic rings. The molecule has 0 amide bonds. The van der Waals surface area contributed by atoms with E-state index in [0.29, 0.717) is 17.8 Å². The molecule has 0 spiro atoms. The van der Waals surface area contributed by atoms with Crippen LogP contribution in [0.4, 0.5) is 0 Å². The number of phenols is 1. The molecule has 1 aromatic rings. The maximum atomic E-state index is 9.81. The Bertz CT molecular complexity index is 526. The molecule has 134 valence electrons. The zero-order valence-corrected chi connectivity index (χ0v) is 15.3. The maximum Gasteiger partial charge on any atom is 0.115 e. The summed E-state index contributed by atoms with van der Waals surface area (Å²) in [5.41, 5.74) is 1.42. The number of ether oxygens (including phenoxy) is 1. The van der Waals surface area contributed by atoms with Crippen LogP contribution in [0.25, 0.3) is 0 Å². The highest BCUT2D eigenvalue weighted by atomic mass is 16.5. The molecule has 2 atom stereocenters. The zero-order valence-electron chi connectivity index (χ0n) is 15.3. The van der Waals surface area contributed by atoms with Crippen LogP contribution in [-0.2, 0) is 10.2 Å². The lowest BCUT2D eigenvalue weighted by molar-refractivity contribution is 0.00525. The topological polar surface area (TPSA) is 32.7 Å². The number of rotatable bonds is 5. The average molecular weight is 331 g/mol. The third-order valence-corrected chi connectivity index (χ3v) is 6.39. The van der Waals surface area contributed by atoms with E-state index in [1.54, 1.807) is 6.07 Å². The Labute approximate surface area is 147 Å². The highest BCUT2D eigenvalue weighted by Gasteiger charge is 2.37. The minimum absolute atomic E-state index is 0.152. The van der Waals surface area contributed by atoms with Gasteiger partial charge in [-0.25, -0.2) is 0 Å². The summed E-state index contributed by atoms with van der Waals surface area (Å²) in [7, 11) is 0. The quantitative estimate of drug-likeness (QED) is 0.871. The van der Waals surface area contributed by atoms with Gasteiger partial charge in [0.25, 0.3) is 0 Å². The largest absolute Gasteiger partial charge is 0.508 e. The van der Waals surface area contributed by atoms with Gasteiger partial charge in [-0.1, -0.05) is 45.2 Å². The molecule has 1 heterocycles. The third-order valence-electron chi connectivity index (χ3n) is 6.39. The highest BCUT2D eigenvalue weighted by molar-refractivity contribution is 5.33. The van der Waals surface area contributed by atoms with Crippen LogP contribution >= 0.6 is 0 Å². The van der Waals surface area contributed by atoms with E-state index in [2.05, 4.69) is 24.8 Å². The van der Waals surface area contributed by atoms with Crippen LogP contribution in [0.3, 0.4) is 0 Å². The van der Waals surface area contributed by atoms with Gasteiger partial charge in [-0.3, -0.25) is 0 Å². The number of piperidine rings is 1. The average Bonchev–Trinajstić information content (AvgIpc) is 2.59. The van der Waals surface area contributed by atoms with Crippen molar-refractivity contribution in [3.05, 3.63) is 29.8 Å². The van der Waals surface area contributed by atoms with E-state index >= 15 is 0 Å². The van der Waals surface area contributed by atoms with Gasteiger partial charge in [0.05, 0.1) is 12.7 Å². The van der Waals surface area contributed by atoms with Crippen molar-refractivity contribution in [2.45, 2.75) is 63.9 Å². The monoisotopic (exact) mass is 331 g/mol. The molecular weight excluding hydrogens is 298 g/mol. The molecule has 3 nitrogen and oxygen atoms in total. The Morgan fingerprint density at radius 1 is 1.25 bits per heavy atom. The summed E-state index contributed by atoms with van der Waals surface area (Å²) in [5.74, 6) is 0.951. The molecule has 2 fully saturated rings. The molecule has 24 heavy (non-hydrogen) atoms. The summed E-state index contributed by atoms with van der Waals surface area (Å²) >= 11 is 0. The Hall–Kier alpha value is -1.06. The third kappa shape index (κ3) is 4.12. The lowest BCUT2D eigenvalue weighted by Gasteiger charge is -2.45. The number of likely N-dealkylation sites (tertiary alicyclic amines) is 1. The zero-order chi connectivity index (χ0) is 17.0. The molecule has 0 aromatic heterocycles. The SMILES string of the molecule is CC1CN(CCOC2CCCCC2)CCC1(C)c1cccc(O)c1. The fourth-order valence-corrected chi connectivity index (χ4v) is 4.39. The molecule has 3 rings (SSSR count). The smallest absolute Gasteiger partial charge is 0.115 e. The number of hydrogen-bond acceptors (Lipinski definition) is 3. The first kappa shape index (κ1) is 17.8. The standard InChI is InChI=1S/C21H33NO2/c1-17-16-22(13-14-24-20-9-4-3-5-10-20)12-11-21(17,2)18-7-6-8-19(23)15-18/h6-8,15,17,20,23H,3-5,9-14,16H2,1-2H3. The predicted molar refractivity (Wildman–Crippen MR) is 98.5 cm³/mol. The summed E-state index contributed by atoms with van der Waals surface area (Å²) in [6, 6.07) is 7.83. The van der Waals surface area contributed by atoms with Crippen LogP contribution in [0.5, 0.6) is 5.75 Å². The van der Waals surface area contributed by atoms with Crippen LogP contribution in [0.15, 0.2) is 24.3 Å². The summed E-state index contributed by atoms with van der Waals surface area (Å²) < 4.78 is 6.10. The number of aromatic hydroxyl groups is 1. The van der Waals surface area contributed by atoms with Gasteiger partial charge in [-0.15, -0.1) is 0 Å². The van der Waals surface area contributed by atoms with Gasteiger partial charge >= 0.3 is 0 Å². The van der Waals surface area contributed by atoms with Gasteiger partial charge in [0.2, 0.25) is 0 Å². The van der Waals surface area contributed by atoms with E-state index in [1.165, 1.54) is 37.7 Å². The van der Waals surface area contributed by atoms with Crippen LogP contribution in [0.2, 0.25) is 0 Å². The van der Waals surface area contributed by atoms with Gasteiger partial charge < -0.3 is 14.7 Å². The van der Waals surface area contributed by atoms with E-state index in [1.807, 2.05) is 12.1 Å². The second kappa shape index (κ2) is 7.88. The molecule has 0 bridgehead atoms. The van der Waals surface area contributed by atoms with E-state index in [-0.39, 0.29) is 5.41 Å². The van der Waals surface area contributed by atoms with Crippen molar-refractivity contribution in [3.63, 3.8) is 0 Å². The fraction of sp³-hybridized carbons (Fsp3) is 0.714. The first-order valence-electron chi connectivity index (χ1n) is 9.71. The van der Waals surface area contributed by atoms with E-state index in [0.717, 1.165) is 32.7 Å². The summed E-state index contributed by atoms with van der Waals surface area (Å²) in [5, 5.41) is 9.81. The normalized spacial score (nSPS) is 29.7. The van der Waals surface area contributed by atoms with Crippen LogP contribution < -0.4 is 0 Å². The van der Waals surface area contributed by atoms with Gasteiger partial charge in [0.1, 0.15) is 5.75 Å². The van der Waals surface area contributed by atoms with Crippen molar-refractivity contribution in [3.8, 4) is 5.75 Å². The lowest BCUT2D eigenvalue weighted by atomic mass is 9.68. The first-order valence-corrected chi connectivity index (χ1v) is 9.71. The Balaban J connectivity index is 1.49. The van der Waals surface area contributed by atoms with E-state index in [9.17, 15) is 5.11 Å². The van der Waals surface area contributed by atoms with Crippen molar-refractivity contribution in [2.75, 3.05) is 26.2 Å². The van der Waals surface area contributed by atoms with Gasteiger partial charge in [0, 0.05) is 13.1 Å². The summed E-state index contributed by atoms with van der Waals surface area (Å²) in [6.45, 7) is 8.85. The van der Waals surface area contributed by atoms with Gasteiger partial charge in [-0.2, -0.15) is 0 Å². The lowest BCUT2D eigenvalue weighted by Crippen LogP contribution is -2.48. The highest BCUT2D eigenvalue weighted by Crippen LogP contribution is 2.40. The van der Waals surface area contributed by atoms with E-state index in [4.69, 9.17) is 4.74 Å². The first-order chi connectivity index (χ1) is 11.6. The minimum Gasteiger partial charge on any atom is -0.508 e. The predicted octanol–water partition coefficient (Wildman–Crippen LogP) is 4.34. The van der Waals surface area contributed by atoms with Crippen molar-refractivity contribution < 1.29 is 9.84 Å². The Morgan fingerprint density at radius 2 is 2.04 bits per heavy atom. The van der Waals surface area contributed by atoms with Crippen molar-refractivity contribution in [2.24, 2.45) is 5.92 Å². The van der Waals surface area contributed by atoms with Crippen molar-refractivity contribution >= 4 is 0 Å². The van der Waals surface area contributed by atoms with Crippen molar-refractivity contribution in [1.82, 2.24) is 4.90 Å². The molecule has 0 radical (unpaired) electrons. The molecular formula is C21H33NO2. The van der Waals surface area contributed by atoms with Gasteiger partial charge in [-0.05, 0) is 54.8 Å². The maximum absolute atomic E-state index is 9.81. The number of benzene rings is 1. The minimum atomic E-state index is 0.152. The fourth-order valence-electron chi connectivity index (χ4n) is 4.39.